The number of hydrogen-bond acceptors (Lipinski definition) is 3. The van der Waals surface area contributed by atoms with E-state index in [4.69, 9.17) is 10.8 Å². The van der Waals surface area contributed by atoms with Gasteiger partial charge in [-0.05, 0) is 25.7 Å². The number of carboxylic acids is 1. The van der Waals surface area contributed by atoms with Crippen molar-refractivity contribution < 1.29 is 14.7 Å². The molecule has 92 valence electrons. The Bertz CT molecular complexity index is 268. The normalized spacial score (nSPS) is 26.4. The third-order valence-corrected chi connectivity index (χ3v) is 3.04. The highest BCUT2D eigenvalue weighted by Crippen LogP contribution is 2.24. The van der Waals surface area contributed by atoms with Crippen LogP contribution in [0.1, 0.15) is 39.0 Å². The smallest absolute Gasteiger partial charge is 0.326 e. The van der Waals surface area contributed by atoms with Crippen molar-refractivity contribution in [2.24, 2.45) is 11.7 Å². The molecule has 1 rings (SSSR count). The Morgan fingerprint density at radius 2 is 2.19 bits per heavy atom. The van der Waals surface area contributed by atoms with Crippen molar-refractivity contribution in [2.75, 3.05) is 0 Å². The number of aliphatic carboxylic acids is 1. The molecule has 1 aliphatic carbocycles. The molecule has 1 fully saturated rings. The predicted octanol–water partition coefficient (Wildman–Crippen LogP) is 0.483. The van der Waals surface area contributed by atoms with Crippen LogP contribution in [0.5, 0.6) is 0 Å². The van der Waals surface area contributed by atoms with Crippen LogP contribution in [0.3, 0.4) is 0 Å². The molecule has 0 heterocycles. The lowest BCUT2D eigenvalue weighted by molar-refractivity contribution is -0.142. The summed E-state index contributed by atoms with van der Waals surface area (Å²) >= 11 is 0. The second-order valence-corrected chi connectivity index (χ2v) is 4.46. The van der Waals surface area contributed by atoms with E-state index in [9.17, 15) is 9.59 Å². The number of amides is 1. The molecule has 0 saturated heterocycles. The largest absolute Gasteiger partial charge is 0.480 e. The van der Waals surface area contributed by atoms with Crippen molar-refractivity contribution in [1.82, 2.24) is 5.32 Å². The van der Waals surface area contributed by atoms with Gasteiger partial charge in [0.2, 0.25) is 5.91 Å². The van der Waals surface area contributed by atoms with Gasteiger partial charge < -0.3 is 16.2 Å². The van der Waals surface area contributed by atoms with Crippen molar-refractivity contribution >= 4 is 11.9 Å². The van der Waals surface area contributed by atoms with E-state index < -0.39 is 12.0 Å². The topological polar surface area (TPSA) is 92.4 Å². The first kappa shape index (κ1) is 13.0. The Balaban J connectivity index is 2.45. The first-order valence-electron chi connectivity index (χ1n) is 5.83. The average Bonchev–Trinajstić information content (AvgIpc) is 2.64. The molecule has 3 atom stereocenters. The molecule has 0 bridgehead atoms. The third-order valence-electron chi connectivity index (χ3n) is 3.04. The van der Waals surface area contributed by atoms with E-state index in [-0.39, 0.29) is 17.9 Å². The zero-order valence-corrected chi connectivity index (χ0v) is 9.61. The maximum atomic E-state index is 11.8. The summed E-state index contributed by atoms with van der Waals surface area (Å²) in [5.74, 6) is -1.22. The van der Waals surface area contributed by atoms with Gasteiger partial charge in [0, 0.05) is 12.0 Å². The molecular weight excluding hydrogens is 208 g/mol. The number of rotatable bonds is 5. The zero-order chi connectivity index (χ0) is 12.1. The van der Waals surface area contributed by atoms with Gasteiger partial charge in [0.25, 0.3) is 0 Å². The van der Waals surface area contributed by atoms with Crippen LogP contribution in [0.25, 0.3) is 0 Å². The standard InChI is InChI=1S/C11H20N2O3/c1-2-3-9(11(15)16)13-10(14)7-4-5-8(12)6-7/h7-9H,2-6,12H2,1H3,(H,13,14)(H,15,16)/t7?,8?,9-/m0/s1. The molecule has 5 nitrogen and oxygen atoms in total. The van der Waals surface area contributed by atoms with Crippen molar-refractivity contribution in [3.8, 4) is 0 Å². The van der Waals surface area contributed by atoms with Gasteiger partial charge in [-0.15, -0.1) is 0 Å². The van der Waals surface area contributed by atoms with Gasteiger partial charge in [-0.25, -0.2) is 4.79 Å². The van der Waals surface area contributed by atoms with E-state index in [0.717, 1.165) is 19.3 Å². The SMILES string of the molecule is CCC[C@H](NC(=O)C1CCC(N)C1)C(=O)O. The van der Waals surface area contributed by atoms with Gasteiger partial charge >= 0.3 is 5.97 Å². The van der Waals surface area contributed by atoms with Gasteiger partial charge in [0.05, 0.1) is 0 Å². The highest BCUT2D eigenvalue weighted by atomic mass is 16.4. The first-order chi connectivity index (χ1) is 7.54. The monoisotopic (exact) mass is 228 g/mol. The van der Waals surface area contributed by atoms with Crippen LogP contribution in [0, 0.1) is 5.92 Å². The minimum Gasteiger partial charge on any atom is -0.480 e. The molecule has 4 N–H and O–H groups in total. The number of carbonyl (C=O) groups excluding carboxylic acids is 1. The average molecular weight is 228 g/mol. The molecule has 1 aliphatic rings. The summed E-state index contributed by atoms with van der Waals surface area (Å²) in [6.07, 6.45) is 3.50. The zero-order valence-electron chi connectivity index (χ0n) is 9.61. The third kappa shape index (κ3) is 3.48. The Morgan fingerprint density at radius 3 is 2.62 bits per heavy atom. The summed E-state index contributed by atoms with van der Waals surface area (Å²) in [6, 6.07) is -0.667. The van der Waals surface area contributed by atoms with Crippen LogP contribution in [-0.4, -0.2) is 29.1 Å². The molecule has 5 heteroatoms. The van der Waals surface area contributed by atoms with Gasteiger partial charge in [0.15, 0.2) is 0 Å². The summed E-state index contributed by atoms with van der Waals surface area (Å²) in [5, 5.41) is 11.5. The lowest BCUT2D eigenvalue weighted by Gasteiger charge is -2.16. The molecule has 1 saturated carbocycles. The minimum absolute atomic E-state index is 0.0882. The van der Waals surface area contributed by atoms with Crippen LogP contribution in [0.2, 0.25) is 0 Å². The van der Waals surface area contributed by atoms with Crippen molar-refractivity contribution in [3.63, 3.8) is 0 Å². The van der Waals surface area contributed by atoms with Crippen molar-refractivity contribution in [2.45, 2.75) is 51.1 Å². The Kier molecular flexibility index (Phi) is 4.73. The highest BCUT2D eigenvalue weighted by molar-refractivity contribution is 5.85. The maximum absolute atomic E-state index is 11.8. The van der Waals surface area contributed by atoms with E-state index >= 15 is 0 Å². The van der Waals surface area contributed by atoms with Crippen molar-refractivity contribution in [3.05, 3.63) is 0 Å². The molecule has 16 heavy (non-hydrogen) atoms. The Morgan fingerprint density at radius 1 is 1.50 bits per heavy atom. The van der Waals surface area contributed by atoms with Crippen LogP contribution < -0.4 is 11.1 Å². The van der Waals surface area contributed by atoms with Crippen LogP contribution >= 0.6 is 0 Å². The van der Waals surface area contributed by atoms with Crippen molar-refractivity contribution in [1.29, 1.82) is 0 Å². The summed E-state index contributed by atoms with van der Waals surface area (Å²) in [7, 11) is 0. The summed E-state index contributed by atoms with van der Waals surface area (Å²) < 4.78 is 0. The number of hydrogen-bond donors (Lipinski definition) is 3. The first-order valence-corrected chi connectivity index (χ1v) is 5.83. The summed E-state index contributed by atoms with van der Waals surface area (Å²) in [5.41, 5.74) is 5.72. The minimum atomic E-state index is -0.961. The van der Waals surface area contributed by atoms with Gasteiger partial charge in [-0.1, -0.05) is 13.3 Å². The fraction of sp³-hybridized carbons (Fsp3) is 0.818. The summed E-state index contributed by atoms with van der Waals surface area (Å²) in [4.78, 5) is 22.6. The molecule has 1 amide bonds. The molecule has 0 aromatic carbocycles. The van der Waals surface area contributed by atoms with Gasteiger partial charge in [-0.3, -0.25) is 4.79 Å². The van der Waals surface area contributed by atoms with Crippen LogP contribution in [-0.2, 0) is 9.59 Å². The number of carbonyl (C=O) groups is 2. The molecular formula is C11H20N2O3. The lowest BCUT2D eigenvalue weighted by atomic mass is 10.1. The van der Waals surface area contributed by atoms with E-state index in [2.05, 4.69) is 5.32 Å². The van der Waals surface area contributed by atoms with E-state index in [1.165, 1.54) is 0 Å². The van der Waals surface area contributed by atoms with Crippen LogP contribution in [0.15, 0.2) is 0 Å². The Hall–Kier alpha value is -1.10. The molecule has 0 aliphatic heterocycles. The predicted molar refractivity (Wildman–Crippen MR) is 59.8 cm³/mol. The number of nitrogens with two attached hydrogens (primary N) is 1. The highest BCUT2D eigenvalue weighted by Gasteiger charge is 2.30. The van der Waals surface area contributed by atoms with Gasteiger partial charge in [0.1, 0.15) is 6.04 Å². The quantitative estimate of drug-likeness (QED) is 0.638. The van der Waals surface area contributed by atoms with Gasteiger partial charge in [-0.2, -0.15) is 0 Å². The number of carboxylic acid groups (broad SMARTS) is 1. The second kappa shape index (κ2) is 5.84. The van der Waals surface area contributed by atoms with E-state index in [1.54, 1.807) is 0 Å². The molecule has 0 aromatic heterocycles. The van der Waals surface area contributed by atoms with Crippen LogP contribution in [0.4, 0.5) is 0 Å². The maximum Gasteiger partial charge on any atom is 0.326 e. The Labute approximate surface area is 95.4 Å². The molecule has 2 unspecified atom stereocenters. The molecule has 0 aromatic rings. The number of nitrogens with one attached hydrogen (secondary N) is 1. The molecule has 0 radical (unpaired) electrons. The fourth-order valence-corrected chi connectivity index (χ4v) is 2.09. The summed E-state index contributed by atoms with van der Waals surface area (Å²) in [6.45, 7) is 1.90. The molecule has 0 spiro atoms. The second-order valence-electron chi connectivity index (χ2n) is 4.46. The van der Waals surface area contributed by atoms with E-state index in [0.29, 0.717) is 12.8 Å². The lowest BCUT2D eigenvalue weighted by Crippen LogP contribution is -2.43. The fourth-order valence-electron chi connectivity index (χ4n) is 2.09. The van der Waals surface area contributed by atoms with E-state index in [1.807, 2.05) is 6.92 Å².